The molecule has 166 valence electrons. The molecule has 12 nitrogen and oxygen atoms in total. The third-order valence-electron chi connectivity index (χ3n) is 3.91. The van der Waals surface area contributed by atoms with Crippen LogP contribution in [0.3, 0.4) is 0 Å². The second-order valence-corrected chi connectivity index (χ2v) is 7.14. The van der Waals surface area contributed by atoms with Crippen LogP contribution in [0.4, 0.5) is 17.3 Å². The van der Waals surface area contributed by atoms with E-state index >= 15 is 0 Å². The zero-order valence-corrected chi connectivity index (χ0v) is 17.8. The number of benzene rings is 2. The monoisotopic (exact) mass is 456 g/mol. The average Bonchev–Trinajstić information content (AvgIpc) is 3.13. The number of aromatic nitrogens is 3. The number of rotatable bonds is 10. The molecule has 0 unspecified atom stereocenters. The van der Waals surface area contributed by atoms with Crippen LogP contribution in [-0.4, -0.2) is 44.3 Å². The number of non-ortho nitro benzene ring substituents is 1. The fourth-order valence-electron chi connectivity index (χ4n) is 2.46. The lowest BCUT2D eigenvalue weighted by Gasteiger charge is -2.05. The highest BCUT2D eigenvalue weighted by Gasteiger charge is 2.13. The van der Waals surface area contributed by atoms with Gasteiger partial charge in [-0.2, -0.15) is 5.10 Å². The van der Waals surface area contributed by atoms with Crippen LogP contribution in [0.25, 0.3) is 0 Å². The van der Waals surface area contributed by atoms with Crippen LogP contribution in [0.5, 0.6) is 5.75 Å². The highest BCUT2D eigenvalue weighted by molar-refractivity contribution is 7.99. The maximum absolute atomic E-state index is 12.1. The van der Waals surface area contributed by atoms with Crippen molar-refractivity contribution < 1.29 is 14.5 Å². The van der Waals surface area contributed by atoms with Crippen molar-refractivity contribution in [3.8, 4) is 5.75 Å². The van der Waals surface area contributed by atoms with Crippen molar-refractivity contribution in [1.29, 1.82) is 0 Å². The Labute approximate surface area is 187 Å². The van der Waals surface area contributed by atoms with Crippen molar-refractivity contribution in [2.24, 2.45) is 5.10 Å². The number of carbonyl (C=O) groups excluding carboxylic acids is 1. The zero-order valence-electron chi connectivity index (χ0n) is 17.0. The number of nitrogens with two attached hydrogens (primary N) is 1. The Balaban J connectivity index is 1.51. The first kappa shape index (κ1) is 22.6. The fraction of sp³-hybridized carbons (Fsp3) is 0.158. The number of nitro groups is 1. The van der Waals surface area contributed by atoms with E-state index in [0.29, 0.717) is 12.3 Å². The summed E-state index contributed by atoms with van der Waals surface area (Å²) < 4.78 is 6.55. The highest BCUT2D eigenvalue weighted by Crippen LogP contribution is 2.19. The van der Waals surface area contributed by atoms with Crippen molar-refractivity contribution in [3.05, 3.63) is 64.2 Å². The first-order valence-electron chi connectivity index (χ1n) is 9.35. The lowest BCUT2D eigenvalue weighted by molar-refractivity contribution is -0.384. The quantitative estimate of drug-likeness (QED) is 0.137. The number of nitro benzene ring substituents is 1. The minimum Gasteiger partial charge on any atom is -0.494 e. The molecule has 3 aromatic rings. The van der Waals surface area contributed by atoms with E-state index in [1.54, 1.807) is 12.3 Å². The van der Waals surface area contributed by atoms with Crippen molar-refractivity contribution >= 4 is 41.2 Å². The number of carbonyl (C=O) groups is 1. The van der Waals surface area contributed by atoms with E-state index < -0.39 is 4.92 Å². The van der Waals surface area contributed by atoms with Gasteiger partial charge in [-0.25, -0.2) is 10.1 Å². The molecule has 32 heavy (non-hydrogen) atoms. The van der Waals surface area contributed by atoms with Crippen LogP contribution < -0.4 is 21.3 Å². The van der Waals surface area contributed by atoms with Crippen LogP contribution >= 0.6 is 11.8 Å². The fourth-order valence-corrected chi connectivity index (χ4v) is 3.11. The summed E-state index contributed by atoms with van der Waals surface area (Å²) in [6.07, 6.45) is 1.59. The molecule has 0 aliphatic heterocycles. The van der Waals surface area contributed by atoms with Gasteiger partial charge in [0.2, 0.25) is 11.1 Å². The Morgan fingerprint density at radius 2 is 2.09 bits per heavy atom. The molecule has 13 heteroatoms. The number of amides is 1. The summed E-state index contributed by atoms with van der Waals surface area (Å²) in [5.41, 5.74) is 3.75. The van der Waals surface area contributed by atoms with E-state index in [2.05, 4.69) is 26.0 Å². The van der Waals surface area contributed by atoms with Crippen molar-refractivity contribution in [2.45, 2.75) is 12.1 Å². The maximum atomic E-state index is 12.1. The molecule has 0 fully saturated rings. The van der Waals surface area contributed by atoms with E-state index in [1.807, 2.05) is 31.2 Å². The van der Waals surface area contributed by atoms with Crippen LogP contribution in [-0.2, 0) is 4.79 Å². The van der Waals surface area contributed by atoms with E-state index in [-0.39, 0.29) is 28.5 Å². The number of nitrogens with zero attached hydrogens (tertiary/aromatic N) is 5. The van der Waals surface area contributed by atoms with Crippen LogP contribution in [0.15, 0.2) is 58.8 Å². The topological polar surface area (TPSA) is 163 Å². The molecule has 0 aliphatic carbocycles. The Hall–Kier alpha value is -4.13. The predicted molar refractivity (Wildman–Crippen MR) is 121 cm³/mol. The summed E-state index contributed by atoms with van der Waals surface area (Å²) in [5.74, 6) is 6.51. The second-order valence-electron chi connectivity index (χ2n) is 6.19. The van der Waals surface area contributed by atoms with Gasteiger partial charge in [0, 0.05) is 17.8 Å². The van der Waals surface area contributed by atoms with Gasteiger partial charge >= 0.3 is 0 Å². The molecule has 0 aliphatic rings. The highest BCUT2D eigenvalue weighted by atomic mass is 32.2. The molecular weight excluding hydrogens is 436 g/mol. The molecule has 2 aromatic carbocycles. The van der Waals surface area contributed by atoms with Crippen molar-refractivity contribution in [2.75, 3.05) is 28.9 Å². The van der Waals surface area contributed by atoms with Crippen molar-refractivity contribution in [1.82, 2.24) is 14.9 Å². The second kappa shape index (κ2) is 10.8. The van der Waals surface area contributed by atoms with Crippen LogP contribution in [0.1, 0.15) is 12.5 Å². The van der Waals surface area contributed by atoms with E-state index in [0.717, 1.165) is 23.1 Å². The molecule has 1 heterocycles. The summed E-state index contributed by atoms with van der Waals surface area (Å²) >= 11 is 1.05. The van der Waals surface area contributed by atoms with Gasteiger partial charge in [-0.1, -0.05) is 17.8 Å². The number of thioether (sulfide) groups is 1. The van der Waals surface area contributed by atoms with Gasteiger partial charge in [0.05, 0.1) is 23.5 Å². The number of nitrogen functional groups attached to an aromatic ring is 1. The Morgan fingerprint density at radius 3 is 2.81 bits per heavy atom. The summed E-state index contributed by atoms with van der Waals surface area (Å²) in [7, 11) is 0. The molecule has 1 aromatic heterocycles. The third-order valence-corrected chi connectivity index (χ3v) is 4.85. The normalized spacial score (nSPS) is 10.8. The minimum atomic E-state index is -0.534. The van der Waals surface area contributed by atoms with Gasteiger partial charge < -0.3 is 15.9 Å². The molecule has 0 atom stereocenters. The number of hydrazone groups is 1. The number of hydrogen-bond donors (Lipinski definition) is 3. The smallest absolute Gasteiger partial charge is 0.271 e. The van der Waals surface area contributed by atoms with Gasteiger partial charge in [0.25, 0.3) is 11.6 Å². The molecule has 0 saturated heterocycles. The van der Waals surface area contributed by atoms with Gasteiger partial charge in [-0.05, 0) is 42.8 Å². The van der Waals surface area contributed by atoms with Crippen molar-refractivity contribution in [3.63, 3.8) is 0 Å². The molecule has 4 N–H and O–H groups in total. The SMILES string of the molecule is CCOc1ccc(/C=N/Nc2nnc(SCC(=O)Nc3cccc([N+](=O)[O-])c3)n2N)cc1. The molecule has 1 amide bonds. The molecule has 0 radical (unpaired) electrons. The first-order valence-corrected chi connectivity index (χ1v) is 10.3. The third kappa shape index (κ3) is 6.18. The largest absolute Gasteiger partial charge is 0.494 e. The van der Waals surface area contributed by atoms with E-state index in [9.17, 15) is 14.9 Å². The molecule has 0 spiro atoms. The first-order chi connectivity index (χ1) is 15.5. The maximum Gasteiger partial charge on any atom is 0.271 e. The lowest BCUT2D eigenvalue weighted by Crippen LogP contribution is -2.17. The number of hydrogen-bond acceptors (Lipinski definition) is 10. The van der Waals surface area contributed by atoms with E-state index in [1.165, 1.54) is 22.9 Å². The standard InChI is InChI=1S/C19H20N8O4S/c1-2-31-16-8-6-13(7-9-16)11-21-23-18-24-25-19(26(18)20)32-12-17(28)22-14-4-3-5-15(10-14)27(29)30/h3-11H,2,12,20H2,1H3,(H,22,28)(H,23,24)/b21-11+. The minimum absolute atomic E-state index is 0.0204. The van der Waals surface area contributed by atoms with Gasteiger partial charge in [0.1, 0.15) is 5.75 Å². The Kier molecular flexibility index (Phi) is 7.59. The molecular formula is C19H20N8O4S. The number of ether oxygens (including phenoxy) is 1. The zero-order chi connectivity index (χ0) is 22.9. The van der Waals surface area contributed by atoms with Gasteiger partial charge in [-0.3, -0.25) is 14.9 Å². The summed E-state index contributed by atoms with van der Waals surface area (Å²) in [6.45, 7) is 2.51. The van der Waals surface area contributed by atoms with Gasteiger partial charge in [-0.15, -0.1) is 10.2 Å². The van der Waals surface area contributed by atoms with E-state index in [4.69, 9.17) is 10.6 Å². The van der Waals surface area contributed by atoms with Gasteiger partial charge in [0.15, 0.2) is 0 Å². The summed E-state index contributed by atoms with van der Waals surface area (Å²) in [6, 6.07) is 13.0. The lowest BCUT2D eigenvalue weighted by atomic mass is 10.2. The Bertz CT molecular complexity index is 1120. The van der Waals surface area contributed by atoms with Crippen LogP contribution in [0, 0.1) is 10.1 Å². The number of nitrogens with one attached hydrogen (secondary N) is 2. The average molecular weight is 456 g/mol. The predicted octanol–water partition coefficient (Wildman–Crippen LogP) is 2.48. The Morgan fingerprint density at radius 1 is 1.31 bits per heavy atom. The molecule has 3 rings (SSSR count). The molecule has 0 bridgehead atoms. The summed E-state index contributed by atoms with van der Waals surface area (Å²) in [5, 5.41) is 25.6. The molecule has 0 saturated carbocycles. The summed E-state index contributed by atoms with van der Waals surface area (Å²) in [4.78, 5) is 22.4. The number of anilines is 2. The van der Waals surface area contributed by atoms with Crippen LogP contribution in [0.2, 0.25) is 0 Å².